The number of esters is 2. The van der Waals surface area contributed by atoms with Crippen molar-refractivity contribution < 1.29 is 34.0 Å². The molecule has 8 heteroatoms. The molecule has 4 aromatic rings. The first-order chi connectivity index (χ1) is 16.9. The second-order valence-electron chi connectivity index (χ2n) is 8.22. The molecule has 0 fully saturated rings. The van der Waals surface area contributed by atoms with Gasteiger partial charge >= 0.3 is 11.9 Å². The van der Waals surface area contributed by atoms with Gasteiger partial charge in [-0.3, -0.25) is 0 Å². The van der Waals surface area contributed by atoms with E-state index in [4.69, 9.17) is 19.9 Å². The topological polar surface area (TPSA) is 128 Å². The van der Waals surface area contributed by atoms with Crippen molar-refractivity contribution in [3.8, 4) is 28.7 Å². The number of phenolic OH excluding ortho intramolecular Hbond substituents is 2. The van der Waals surface area contributed by atoms with Crippen molar-refractivity contribution >= 4 is 17.6 Å². The van der Waals surface area contributed by atoms with Crippen LogP contribution in [-0.2, 0) is 10.3 Å². The summed E-state index contributed by atoms with van der Waals surface area (Å²) in [6.45, 7) is 0. The van der Waals surface area contributed by atoms with Gasteiger partial charge in [0.05, 0.1) is 11.1 Å². The molecule has 2 heterocycles. The van der Waals surface area contributed by atoms with E-state index >= 15 is 0 Å². The van der Waals surface area contributed by atoms with Gasteiger partial charge < -0.3 is 30.2 Å². The molecule has 8 nitrogen and oxygen atoms in total. The number of ether oxygens (including phenoxy) is 3. The van der Waals surface area contributed by atoms with E-state index in [1.165, 1.54) is 30.3 Å². The largest absolute Gasteiger partial charge is 0.508 e. The summed E-state index contributed by atoms with van der Waals surface area (Å²) in [7, 11) is 0. The summed E-state index contributed by atoms with van der Waals surface area (Å²) in [5, 5.41) is 20.1. The standard InChI is InChI=1S/C27H17NO7/c28-14-4-8-17(9-5-14)33-25(31)18-2-1-3-21-24(18)26(32)35-27(21)19-10-6-15(29)12-22(19)34-23-13-16(30)7-11-20(23)27/h1-13,29-30H,28H2. The molecular formula is C27H17NO7. The van der Waals surface area contributed by atoms with Crippen LogP contribution in [0.3, 0.4) is 0 Å². The second-order valence-corrected chi connectivity index (χ2v) is 8.22. The average Bonchev–Trinajstić information content (AvgIpc) is 3.13. The minimum Gasteiger partial charge on any atom is -0.508 e. The highest BCUT2D eigenvalue weighted by Crippen LogP contribution is 2.57. The molecule has 0 saturated heterocycles. The Hall–Kier alpha value is -4.98. The van der Waals surface area contributed by atoms with E-state index in [0.717, 1.165) is 0 Å². The molecule has 0 radical (unpaired) electrons. The van der Waals surface area contributed by atoms with Gasteiger partial charge in [0.15, 0.2) is 5.60 Å². The van der Waals surface area contributed by atoms with Crippen LogP contribution in [0.4, 0.5) is 5.69 Å². The summed E-state index contributed by atoms with van der Waals surface area (Å²) in [5.41, 5.74) is 6.18. The zero-order valence-corrected chi connectivity index (χ0v) is 18.0. The quantitative estimate of drug-likeness (QED) is 0.224. The SMILES string of the molecule is Nc1ccc(OC(=O)c2cccc3c2C(=O)OC32c3ccc(O)cc3Oc3cc(O)ccc32)cc1. The van der Waals surface area contributed by atoms with E-state index in [1.807, 2.05) is 0 Å². The first-order valence-corrected chi connectivity index (χ1v) is 10.7. The first-order valence-electron chi connectivity index (χ1n) is 10.7. The van der Waals surface area contributed by atoms with E-state index in [-0.39, 0.29) is 39.9 Å². The molecule has 0 aromatic heterocycles. The molecule has 0 unspecified atom stereocenters. The van der Waals surface area contributed by atoms with Gasteiger partial charge in [0.1, 0.15) is 28.7 Å². The van der Waals surface area contributed by atoms with E-state index in [2.05, 4.69) is 0 Å². The summed E-state index contributed by atoms with van der Waals surface area (Å²) in [6.07, 6.45) is 0. The molecule has 0 saturated carbocycles. The van der Waals surface area contributed by atoms with Gasteiger partial charge in [-0.15, -0.1) is 0 Å². The lowest BCUT2D eigenvalue weighted by Gasteiger charge is -2.36. The number of benzene rings is 4. The van der Waals surface area contributed by atoms with Crippen LogP contribution in [0, 0.1) is 0 Å². The summed E-state index contributed by atoms with van der Waals surface area (Å²) in [4.78, 5) is 26.4. The van der Waals surface area contributed by atoms with Crippen molar-refractivity contribution in [1.82, 2.24) is 0 Å². The maximum Gasteiger partial charge on any atom is 0.344 e. The van der Waals surface area contributed by atoms with Gasteiger partial charge in [-0.05, 0) is 54.6 Å². The normalized spacial score (nSPS) is 14.3. The van der Waals surface area contributed by atoms with Crippen molar-refractivity contribution in [2.45, 2.75) is 5.60 Å². The number of hydrogen-bond acceptors (Lipinski definition) is 8. The third kappa shape index (κ3) is 3.00. The molecule has 4 aromatic carbocycles. The lowest BCUT2D eigenvalue weighted by Crippen LogP contribution is -2.32. The van der Waals surface area contributed by atoms with Crippen LogP contribution < -0.4 is 15.2 Å². The molecular weight excluding hydrogens is 450 g/mol. The summed E-state index contributed by atoms with van der Waals surface area (Å²) in [5.74, 6) is -0.775. The fraction of sp³-hybridized carbons (Fsp3) is 0.0370. The van der Waals surface area contributed by atoms with Crippen LogP contribution in [0.15, 0.2) is 78.9 Å². The predicted octanol–water partition coefficient (Wildman–Crippen LogP) is 4.47. The minimum atomic E-state index is -1.46. The number of aromatic hydroxyl groups is 2. The van der Waals surface area contributed by atoms with Gasteiger partial charge in [-0.1, -0.05) is 12.1 Å². The number of hydrogen-bond donors (Lipinski definition) is 3. The Morgan fingerprint density at radius 3 is 2.09 bits per heavy atom. The smallest absolute Gasteiger partial charge is 0.344 e. The Morgan fingerprint density at radius 1 is 0.829 bits per heavy atom. The van der Waals surface area contributed by atoms with E-state index in [0.29, 0.717) is 22.4 Å². The Labute approximate surface area is 198 Å². The minimum absolute atomic E-state index is 0.0355. The average molecular weight is 467 g/mol. The predicted molar refractivity (Wildman–Crippen MR) is 124 cm³/mol. The van der Waals surface area contributed by atoms with Gasteiger partial charge in [0, 0.05) is 34.5 Å². The van der Waals surface area contributed by atoms with Crippen molar-refractivity contribution in [3.63, 3.8) is 0 Å². The maximum absolute atomic E-state index is 13.3. The first kappa shape index (κ1) is 20.6. The number of anilines is 1. The molecule has 0 atom stereocenters. The molecule has 1 spiro atoms. The Balaban J connectivity index is 1.55. The highest BCUT2D eigenvalue weighted by molar-refractivity contribution is 6.07. The zero-order valence-electron chi connectivity index (χ0n) is 18.0. The fourth-order valence-corrected chi connectivity index (χ4v) is 4.61. The highest BCUT2D eigenvalue weighted by Gasteiger charge is 2.54. The molecule has 0 bridgehead atoms. The van der Waals surface area contributed by atoms with Gasteiger partial charge in [-0.25, -0.2) is 9.59 Å². The van der Waals surface area contributed by atoms with Crippen molar-refractivity contribution in [1.29, 1.82) is 0 Å². The molecule has 172 valence electrons. The number of fused-ring (bicyclic) bond motifs is 6. The van der Waals surface area contributed by atoms with Crippen LogP contribution in [0.5, 0.6) is 28.7 Å². The molecule has 35 heavy (non-hydrogen) atoms. The lowest BCUT2D eigenvalue weighted by atomic mass is 9.77. The van der Waals surface area contributed by atoms with Crippen LogP contribution in [0.1, 0.15) is 37.4 Å². The Bertz CT molecular complexity index is 1490. The maximum atomic E-state index is 13.3. The molecule has 4 N–H and O–H groups in total. The Kier molecular flexibility index (Phi) is 4.28. The summed E-state index contributed by atoms with van der Waals surface area (Å²) < 4.78 is 17.5. The number of rotatable bonds is 2. The molecule has 2 aliphatic heterocycles. The third-order valence-corrected chi connectivity index (χ3v) is 6.11. The number of phenols is 2. The van der Waals surface area contributed by atoms with E-state index in [1.54, 1.807) is 48.5 Å². The Morgan fingerprint density at radius 2 is 1.46 bits per heavy atom. The lowest BCUT2D eigenvalue weighted by molar-refractivity contribution is 0.0222. The summed E-state index contributed by atoms with van der Waals surface area (Å²) in [6, 6.07) is 20.0. The molecule has 2 aliphatic rings. The van der Waals surface area contributed by atoms with Crippen LogP contribution in [-0.4, -0.2) is 22.2 Å². The third-order valence-electron chi connectivity index (χ3n) is 6.11. The second kappa shape index (κ2) is 7.26. The van der Waals surface area contributed by atoms with E-state index < -0.39 is 17.5 Å². The van der Waals surface area contributed by atoms with Crippen LogP contribution in [0.2, 0.25) is 0 Å². The number of carbonyl (C=O) groups is 2. The van der Waals surface area contributed by atoms with Gasteiger partial charge in [-0.2, -0.15) is 0 Å². The van der Waals surface area contributed by atoms with Crippen molar-refractivity contribution in [2.75, 3.05) is 5.73 Å². The van der Waals surface area contributed by atoms with Crippen molar-refractivity contribution in [3.05, 3.63) is 107 Å². The van der Waals surface area contributed by atoms with Crippen LogP contribution in [0.25, 0.3) is 0 Å². The summed E-state index contributed by atoms with van der Waals surface area (Å²) >= 11 is 0. The number of nitrogens with two attached hydrogens (primary N) is 1. The number of nitrogen functional groups attached to an aromatic ring is 1. The van der Waals surface area contributed by atoms with Crippen LogP contribution >= 0.6 is 0 Å². The fourth-order valence-electron chi connectivity index (χ4n) is 4.61. The molecule has 0 amide bonds. The van der Waals surface area contributed by atoms with Gasteiger partial charge in [0.2, 0.25) is 0 Å². The molecule has 6 rings (SSSR count). The van der Waals surface area contributed by atoms with E-state index in [9.17, 15) is 19.8 Å². The zero-order chi connectivity index (χ0) is 24.3. The molecule has 0 aliphatic carbocycles. The monoisotopic (exact) mass is 467 g/mol. The van der Waals surface area contributed by atoms with Gasteiger partial charge in [0.25, 0.3) is 0 Å². The number of carbonyl (C=O) groups excluding carboxylic acids is 2. The van der Waals surface area contributed by atoms with Crippen molar-refractivity contribution in [2.24, 2.45) is 0 Å². The highest BCUT2D eigenvalue weighted by atomic mass is 16.6.